The van der Waals surface area contributed by atoms with Gasteiger partial charge in [0.1, 0.15) is 5.82 Å². The third kappa shape index (κ3) is 4.47. The first-order chi connectivity index (χ1) is 14.4. The first-order valence-electron chi connectivity index (χ1n) is 9.98. The van der Waals surface area contributed by atoms with Gasteiger partial charge in [0.2, 0.25) is 5.91 Å². The van der Waals surface area contributed by atoms with E-state index >= 15 is 0 Å². The summed E-state index contributed by atoms with van der Waals surface area (Å²) in [4.78, 5) is 19.3. The van der Waals surface area contributed by atoms with Crippen LogP contribution in [-0.4, -0.2) is 29.6 Å². The molecule has 0 saturated carbocycles. The van der Waals surface area contributed by atoms with Crippen LogP contribution in [0.2, 0.25) is 10.0 Å². The van der Waals surface area contributed by atoms with Crippen LogP contribution in [0.3, 0.4) is 0 Å². The van der Waals surface area contributed by atoms with Crippen molar-refractivity contribution >= 4 is 34.8 Å². The second kappa shape index (κ2) is 8.70. The zero-order valence-electron chi connectivity index (χ0n) is 17.1. The van der Waals surface area contributed by atoms with Gasteiger partial charge in [0.15, 0.2) is 0 Å². The maximum Gasteiger partial charge on any atom is 0.224 e. The molecule has 0 unspecified atom stereocenters. The summed E-state index contributed by atoms with van der Waals surface area (Å²) in [5.74, 6) is 1.09. The molecule has 0 bridgehead atoms. The number of aryl methyl sites for hydroxylation is 2. The lowest BCUT2D eigenvalue weighted by Crippen LogP contribution is -2.25. The van der Waals surface area contributed by atoms with Gasteiger partial charge in [-0.15, -0.1) is 0 Å². The lowest BCUT2D eigenvalue weighted by atomic mass is 10.1. The summed E-state index contributed by atoms with van der Waals surface area (Å²) in [6.07, 6.45) is 4.58. The van der Waals surface area contributed by atoms with Crippen LogP contribution < -0.4 is 10.2 Å². The fourth-order valence-electron chi connectivity index (χ4n) is 3.81. The largest absolute Gasteiger partial charge is 0.377 e. The smallest absolute Gasteiger partial charge is 0.224 e. The topological polar surface area (TPSA) is 50.2 Å². The van der Waals surface area contributed by atoms with E-state index in [9.17, 15) is 4.79 Å². The number of rotatable bonds is 6. The Hall–Kier alpha value is -2.50. The lowest BCUT2D eigenvalue weighted by molar-refractivity contribution is -0.120. The third-order valence-corrected chi connectivity index (χ3v) is 6.08. The van der Waals surface area contributed by atoms with Gasteiger partial charge in [-0.25, -0.2) is 4.98 Å². The highest BCUT2D eigenvalue weighted by atomic mass is 35.5. The summed E-state index contributed by atoms with van der Waals surface area (Å²) in [6, 6.07) is 11.6. The van der Waals surface area contributed by atoms with E-state index in [1.54, 1.807) is 12.1 Å². The molecule has 0 atom stereocenters. The number of fused-ring (bicyclic) bond motifs is 1. The molecule has 2 heterocycles. The molecule has 2 aromatic carbocycles. The third-order valence-electron chi connectivity index (χ3n) is 5.34. The SMILES string of the molecule is CN(C)c1ccc(-c2cn3c(n2)CCC3)cc1CNC(=O)Cc1ccc(Cl)c(Cl)c1. The van der Waals surface area contributed by atoms with Crippen LogP contribution in [0, 0.1) is 0 Å². The van der Waals surface area contributed by atoms with E-state index in [-0.39, 0.29) is 12.3 Å². The van der Waals surface area contributed by atoms with Gasteiger partial charge in [0, 0.05) is 51.1 Å². The molecule has 0 radical (unpaired) electrons. The zero-order chi connectivity index (χ0) is 21.3. The van der Waals surface area contributed by atoms with Gasteiger partial charge in [-0.2, -0.15) is 0 Å². The normalized spacial score (nSPS) is 12.7. The quantitative estimate of drug-likeness (QED) is 0.600. The first kappa shape index (κ1) is 20.8. The summed E-state index contributed by atoms with van der Waals surface area (Å²) >= 11 is 12.0. The average Bonchev–Trinajstić information content (AvgIpc) is 3.31. The molecule has 1 aliphatic rings. The number of carbonyl (C=O) groups excluding carboxylic acids is 1. The molecule has 0 spiro atoms. The van der Waals surface area contributed by atoms with Crippen molar-refractivity contribution in [2.75, 3.05) is 19.0 Å². The fraction of sp³-hybridized carbons (Fsp3) is 0.304. The van der Waals surface area contributed by atoms with Crippen molar-refractivity contribution in [1.82, 2.24) is 14.9 Å². The van der Waals surface area contributed by atoms with Gasteiger partial charge >= 0.3 is 0 Å². The van der Waals surface area contributed by atoms with E-state index in [0.717, 1.165) is 53.3 Å². The average molecular weight is 443 g/mol. The standard InChI is InChI=1S/C23H24Cl2N4O/c1-28(2)21-8-6-16(20-14-29-9-3-4-22(29)27-20)12-17(21)13-26-23(30)11-15-5-7-18(24)19(25)10-15/h5-8,10,12,14H,3-4,9,11,13H2,1-2H3,(H,26,30). The highest BCUT2D eigenvalue weighted by Crippen LogP contribution is 2.28. The van der Waals surface area contributed by atoms with E-state index in [2.05, 4.69) is 39.2 Å². The Bertz CT molecular complexity index is 1070. The summed E-state index contributed by atoms with van der Waals surface area (Å²) in [7, 11) is 4.00. The lowest BCUT2D eigenvalue weighted by Gasteiger charge is -2.19. The number of anilines is 1. The second-order valence-corrected chi connectivity index (χ2v) is 8.59. The number of nitrogens with zero attached hydrogens (tertiary/aromatic N) is 3. The highest BCUT2D eigenvalue weighted by molar-refractivity contribution is 6.42. The van der Waals surface area contributed by atoms with Crippen LogP contribution in [0.25, 0.3) is 11.3 Å². The summed E-state index contributed by atoms with van der Waals surface area (Å²) in [6.45, 7) is 1.48. The van der Waals surface area contributed by atoms with Crippen molar-refractivity contribution in [3.63, 3.8) is 0 Å². The van der Waals surface area contributed by atoms with Gasteiger partial charge in [-0.3, -0.25) is 4.79 Å². The van der Waals surface area contributed by atoms with Crippen molar-refractivity contribution < 1.29 is 4.79 Å². The molecule has 0 fully saturated rings. The van der Waals surface area contributed by atoms with Crippen molar-refractivity contribution in [3.05, 3.63) is 69.6 Å². The number of benzene rings is 2. The molecule has 156 valence electrons. The van der Waals surface area contributed by atoms with Crippen LogP contribution in [0.15, 0.2) is 42.6 Å². The Kier molecular flexibility index (Phi) is 6.02. The second-order valence-electron chi connectivity index (χ2n) is 7.78. The van der Waals surface area contributed by atoms with Crippen molar-refractivity contribution in [2.24, 2.45) is 0 Å². The maximum atomic E-state index is 12.5. The Morgan fingerprint density at radius 2 is 2.00 bits per heavy atom. The van der Waals surface area contributed by atoms with Crippen LogP contribution >= 0.6 is 23.2 Å². The number of halogens is 2. The predicted molar refractivity (Wildman–Crippen MR) is 122 cm³/mol. The van der Waals surface area contributed by atoms with Gasteiger partial charge in [-0.1, -0.05) is 35.3 Å². The van der Waals surface area contributed by atoms with Gasteiger partial charge < -0.3 is 14.8 Å². The highest BCUT2D eigenvalue weighted by Gasteiger charge is 2.16. The Morgan fingerprint density at radius 1 is 1.17 bits per heavy atom. The number of aromatic nitrogens is 2. The Balaban J connectivity index is 1.50. The molecular formula is C23H24Cl2N4O. The molecule has 5 nitrogen and oxygen atoms in total. The molecule has 7 heteroatoms. The Morgan fingerprint density at radius 3 is 2.73 bits per heavy atom. The monoisotopic (exact) mass is 442 g/mol. The molecule has 4 rings (SSSR count). The number of carbonyl (C=O) groups is 1. The molecule has 0 aliphatic carbocycles. The van der Waals surface area contributed by atoms with Crippen molar-refractivity contribution in [3.8, 4) is 11.3 Å². The minimum Gasteiger partial charge on any atom is -0.377 e. The number of amides is 1. The number of hydrogen-bond acceptors (Lipinski definition) is 3. The zero-order valence-corrected chi connectivity index (χ0v) is 18.6. The Labute approximate surface area is 186 Å². The first-order valence-corrected chi connectivity index (χ1v) is 10.7. The molecule has 30 heavy (non-hydrogen) atoms. The molecule has 1 aromatic heterocycles. The van der Waals surface area contributed by atoms with Gasteiger partial charge in [0.05, 0.1) is 22.2 Å². The number of nitrogens with one attached hydrogen (secondary N) is 1. The molecule has 1 amide bonds. The summed E-state index contributed by atoms with van der Waals surface area (Å²) in [5.41, 5.74) is 5.00. The van der Waals surface area contributed by atoms with Gasteiger partial charge in [0.25, 0.3) is 0 Å². The molecular weight excluding hydrogens is 419 g/mol. The van der Waals surface area contributed by atoms with Crippen LogP contribution in [-0.2, 0) is 30.7 Å². The molecule has 0 saturated heterocycles. The van der Waals surface area contributed by atoms with Gasteiger partial charge in [-0.05, 0) is 41.8 Å². The molecule has 1 aliphatic heterocycles. The van der Waals surface area contributed by atoms with E-state index in [1.807, 2.05) is 20.2 Å². The minimum absolute atomic E-state index is 0.0653. The number of hydrogen-bond donors (Lipinski definition) is 1. The molecule has 1 N–H and O–H groups in total. The summed E-state index contributed by atoms with van der Waals surface area (Å²) < 4.78 is 2.23. The van der Waals surface area contributed by atoms with Crippen LogP contribution in [0.5, 0.6) is 0 Å². The number of imidazole rings is 1. The van der Waals surface area contributed by atoms with Crippen LogP contribution in [0.1, 0.15) is 23.4 Å². The minimum atomic E-state index is -0.0653. The van der Waals surface area contributed by atoms with E-state index in [0.29, 0.717) is 16.6 Å². The van der Waals surface area contributed by atoms with E-state index < -0.39 is 0 Å². The maximum absolute atomic E-state index is 12.5. The predicted octanol–water partition coefficient (Wildman–Crippen LogP) is 4.73. The fourth-order valence-corrected chi connectivity index (χ4v) is 4.13. The van der Waals surface area contributed by atoms with E-state index in [1.165, 1.54) is 0 Å². The molecule has 3 aromatic rings. The van der Waals surface area contributed by atoms with Crippen LogP contribution in [0.4, 0.5) is 5.69 Å². The van der Waals surface area contributed by atoms with Crippen molar-refractivity contribution in [2.45, 2.75) is 32.4 Å². The van der Waals surface area contributed by atoms with Crippen molar-refractivity contribution in [1.29, 1.82) is 0 Å². The summed E-state index contributed by atoms with van der Waals surface area (Å²) in [5, 5.41) is 3.97. The van der Waals surface area contributed by atoms with E-state index in [4.69, 9.17) is 28.2 Å².